The Kier molecular flexibility index (Phi) is 6.58. The fourth-order valence-corrected chi connectivity index (χ4v) is 3.39. The molecule has 0 spiro atoms. The van der Waals surface area contributed by atoms with Crippen molar-refractivity contribution in [3.05, 3.63) is 65.2 Å². The lowest BCUT2D eigenvalue weighted by Gasteiger charge is -2.32. The summed E-state index contributed by atoms with van der Waals surface area (Å²) >= 11 is 0. The molecule has 0 radical (unpaired) electrons. The molecule has 1 aliphatic rings. The highest BCUT2D eigenvalue weighted by Gasteiger charge is 2.52. The molecule has 0 atom stereocenters. The Morgan fingerprint density at radius 1 is 1.03 bits per heavy atom. The van der Waals surface area contributed by atoms with Crippen LogP contribution in [-0.2, 0) is 27.2 Å². The number of carbonyl (C=O) groups is 1. The van der Waals surface area contributed by atoms with Crippen LogP contribution in [0.5, 0.6) is 0 Å². The van der Waals surface area contributed by atoms with Gasteiger partial charge >= 0.3 is 13.2 Å². The maximum Gasteiger partial charge on any atom is 0.495 e. The highest BCUT2D eigenvalue weighted by Crippen LogP contribution is 2.36. The smallest absolute Gasteiger partial charge is 0.445 e. The first-order valence-electron chi connectivity index (χ1n) is 10.5. The first kappa shape index (κ1) is 22.4. The van der Waals surface area contributed by atoms with Crippen molar-refractivity contribution < 1.29 is 18.8 Å². The topological polar surface area (TPSA) is 48.0 Å². The van der Waals surface area contributed by atoms with E-state index in [2.05, 4.69) is 6.07 Å². The number of ether oxygens (including phenoxy) is 1. The van der Waals surface area contributed by atoms with Crippen LogP contribution in [0.15, 0.2) is 48.5 Å². The molecule has 0 saturated carbocycles. The van der Waals surface area contributed by atoms with Crippen molar-refractivity contribution in [1.29, 1.82) is 0 Å². The number of hydrogen-bond donors (Lipinski definition) is 0. The molecule has 1 amide bonds. The summed E-state index contributed by atoms with van der Waals surface area (Å²) < 4.78 is 18.0. The van der Waals surface area contributed by atoms with Gasteiger partial charge in [-0.1, -0.05) is 54.1 Å². The molecule has 1 fully saturated rings. The van der Waals surface area contributed by atoms with E-state index in [1.54, 1.807) is 4.90 Å². The highest BCUT2D eigenvalue weighted by molar-refractivity contribution is 6.62. The molecule has 3 rings (SSSR count). The Morgan fingerprint density at radius 3 is 2.27 bits per heavy atom. The van der Waals surface area contributed by atoms with Gasteiger partial charge in [-0.05, 0) is 58.1 Å². The van der Waals surface area contributed by atoms with E-state index in [1.165, 1.54) is 0 Å². The summed E-state index contributed by atoms with van der Waals surface area (Å²) in [4.78, 5) is 14.4. The van der Waals surface area contributed by atoms with Crippen LogP contribution in [0.4, 0.5) is 4.79 Å². The molecule has 30 heavy (non-hydrogen) atoms. The maximum absolute atomic E-state index is 12.7. The average molecular weight is 409 g/mol. The van der Waals surface area contributed by atoms with Crippen LogP contribution < -0.4 is 5.46 Å². The van der Waals surface area contributed by atoms with Crippen LogP contribution in [0.2, 0.25) is 0 Å². The van der Waals surface area contributed by atoms with Crippen LogP contribution in [0, 0.1) is 6.92 Å². The van der Waals surface area contributed by atoms with Gasteiger partial charge in [0.2, 0.25) is 0 Å². The van der Waals surface area contributed by atoms with Crippen molar-refractivity contribution >= 4 is 18.7 Å². The van der Waals surface area contributed by atoms with Crippen LogP contribution in [0.1, 0.15) is 51.3 Å². The summed E-state index contributed by atoms with van der Waals surface area (Å²) in [6, 6.07) is 15.9. The second kappa shape index (κ2) is 8.82. The summed E-state index contributed by atoms with van der Waals surface area (Å²) in [6.45, 7) is 13.4. The van der Waals surface area contributed by atoms with E-state index in [-0.39, 0.29) is 12.7 Å². The standard InChI is InChI=1S/C24H32BNO4/c1-7-26(22(27)28-17-19-11-9-8-10-12-19)16-20-15-18(2)13-14-21(20)25-29-23(3,4)24(5,6)30-25/h8-15H,7,16-17H2,1-6H3. The number of nitrogens with zero attached hydrogens (tertiary/aromatic N) is 1. The summed E-state index contributed by atoms with van der Waals surface area (Å²) in [5.41, 5.74) is 3.22. The van der Waals surface area contributed by atoms with Crippen molar-refractivity contribution in [2.75, 3.05) is 6.54 Å². The molecule has 2 aromatic carbocycles. The number of aryl methyl sites for hydroxylation is 1. The van der Waals surface area contributed by atoms with Gasteiger partial charge in [0.05, 0.1) is 11.2 Å². The van der Waals surface area contributed by atoms with Gasteiger partial charge in [-0.15, -0.1) is 0 Å². The first-order valence-corrected chi connectivity index (χ1v) is 10.5. The van der Waals surface area contributed by atoms with E-state index in [9.17, 15) is 4.79 Å². The van der Waals surface area contributed by atoms with Crippen molar-refractivity contribution in [3.63, 3.8) is 0 Å². The third-order valence-corrected chi connectivity index (χ3v) is 6.01. The van der Waals surface area contributed by atoms with Gasteiger partial charge in [0.1, 0.15) is 6.61 Å². The van der Waals surface area contributed by atoms with Gasteiger partial charge in [0.15, 0.2) is 0 Å². The molecule has 5 nitrogen and oxygen atoms in total. The predicted octanol–water partition coefficient (Wildman–Crippen LogP) is 4.45. The second-order valence-electron chi connectivity index (χ2n) is 8.84. The van der Waals surface area contributed by atoms with Gasteiger partial charge in [-0.3, -0.25) is 0 Å². The van der Waals surface area contributed by atoms with Crippen LogP contribution >= 0.6 is 0 Å². The minimum Gasteiger partial charge on any atom is -0.445 e. The average Bonchev–Trinajstić information content (AvgIpc) is 2.92. The van der Waals surface area contributed by atoms with Gasteiger partial charge in [0, 0.05) is 13.1 Å². The molecule has 1 aliphatic heterocycles. The Bertz CT molecular complexity index is 866. The Balaban J connectivity index is 1.76. The van der Waals surface area contributed by atoms with E-state index in [1.807, 2.05) is 84.0 Å². The van der Waals surface area contributed by atoms with E-state index >= 15 is 0 Å². The molecule has 0 unspecified atom stereocenters. The SMILES string of the molecule is CCN(Cc1cc(C)ccc1B1OC(C)(C)C(C)(C)O1)C(=O)OCc1ccccc1. The highest BCUT2D eigenvalue weighted by atomic mass is 16.7. The van der Waals surface area contributed by atoms with Crippen molar-refractivity contribution in [2.24, 2.45) is 0 Å². The van der Waals surface area contributed by atoms with Crippen molar-refractivity contribution in [1.82, 2.24) is 4.90 Å². The Morgan fingerprint density at radius 2 is 1.67 bits per heavy atom. The number of amides is 1. The lowest BCUT2D eigenvalue weighted by atomic mass is 9.75. The van der Waals surface area contributed by atoms with Crippen LogP contribution in [-0.4, -0.2) is 35.9 Å². The largest absolute Gasteiger partial charge is 0.495 e. The number of hydrogen-bond acceptors (Lipinski definition) is 4. The van der Waals surface area contributed by atoms with E-state index < -0.39 is 18.3 Å². The Labute approximate surface area is 180 Å². The predicted molar refractivity (Wildman–Crippen MR) is 120 cm³/mol. The van der Waals surface area contributed by atoms with Crippen molar-refractivity contribution in [3.8, 4) is 0 Å². The molecule has 1 saturated heterocycles. The normalized spacial score (nSPS) is 17.1. The fourth-order valence-electron chi connectivity index (χ4n) is 3.39. The van der Waals surface area contributed by atoms with Gasteiger partial charge < -0.3 is 18.9 Å². The van der Waals surface area contributed by atoms with E-state index in [0.717, 1.165) is 22.2 Å². The number of rotatable bonds is 6. The van der Waals surface area contributed by atoms with Crippen molar-refractivity contribution in [2.45, 2.75) is 65.9 Å². The third-order valence-electron chi connectivity index (χ3n) is 6.01. The van der Waals surface area contributed by atoms with Crippen LogP contribution in [0.3, 0.4) is 0 Å². The lowest BCUT2D eigenvalue weighted by Crippen LogP contribution is -2.41. The first-order chi connectivity index (χ1) is 14.1. The zero-order valence-corrected chi connectivity index (χ0v) is 18.9. The monoisotopic (exact) mass is 409 g/mol. The van der Waals surface area contributed by atoms with E-state index in [0.29, 0.717) is 13.1 Å². The zero-order valence-electron chi connectivity index (χ0n) is 18.9. The molecule has 2 aromatic rings. The molecule has 0 aromatic heterocycles. The van der Waals surface area contributed by atoms with Gasteiger partial charge in [-0.25, -0.2) is 4.79 Å². The minimum absolute atomic E-state index is 0.258. The minimum atomic E-state index is -0.468. The number of carbonyl (C=O) groups excluding carboxylic acids is 1. The summed E-state index contributed by atoms with van der Waals surface area (Å²) in [7, 11) is -0.468. The van der Waals surface area contributed by atoms with Crippen LogP contribution in [0.25, 0.3) is 0 Å². The quantitative estimate of drug-likeness (QED) is 0.662. The molecule has 0 N–H and O–H groups in total. The number of benzene rings is 2. The maximum atomic E-state index is 12.7. The molecular formula is C24H32BNO4. The summed E-state index contributed by atoms with van der Waals surface area (Å²) in [5.74, 6) is 0. The summed E-state index contributed by atoms with van der Waals surface area (Å²) in [5, 5.41) is 0. The zero-order chi connectivity index (χ0) is 21.9. The summed E-state index contributed by atoms with van der Waals surface area (Å²) in [6.07, 6.45) is -0.331. The second-order valence-corrected chi connectivity index (χ2v) is 8.84. The molecule has 1 heterocycles. The Hall–Kier alpha value is -2.31. The van der Waals surface area contributed by atoms with Gasteiger partial charge in [0.25, 0.3) is 0 Å². The third kappa shape index (κ3) is 4.88. The fraction of sp³-hybridized carbons (Fsp3) is 0.458. The molecule has 0 aliphatic carbocycles. The van der Waals surface area contributed by atoms with E-state index in [4.69, 9.17) is 14.0 Å². The molecule has 160 valence electrons. The molecular weight excluding hydrogens is 377 g/mol. The molecule has 6 heteroatoms. The molecule has 0 bridgehead atoms. The lowest BCUT2D eigenvalue weighted by molar-refractivity contribution is 0.00578. The van der Waals surface area contributed by atoms with Gasteiger partial charge in [-0.2, -0.15) is 0 Å².